The van der Waals surface area contributed by atoms with Gasteiger partial charge in [-0.3, -0.25) is 0 Å². The van der Waals surface area contributed by atoms with Crippen molar-refractivity contribution in [1.29, 1.82) is 0 Å². The second-order valence-corrected chi connectivity index (χ2v) is 9.49. The van der Waals surface area contributed by atoms with Gasteiger partial charge in [0.1, 0.15) is 28.5 Å². The minimum absolute atomic E-state index is 0.199. The zero-order chi connectivity index (χ0) is 19.0. The van der Waals surface area contributed by atoms with Gasteiger partial charge in [0.2, 0.25) is 0 Å². The molecule has 25 heavy (non-hydrogen) atoms. The van der Waals surface area contributed by atoms with Crippen LogP contribution in [0, 0.1) is 5.82 Å². The number of hydrogen-bond acceptors (Lipinski definition) is 5. The number of nitrogens with one attached hydrogen (secondary N) is 1. The van der Waals surface area contributed by atoms with E-state index in [0.29, 0.717) is 11.8 Å². The summed E-state index contributed by atoms with van der Waals surface area (Å²) in [4.78, 5) is 23.9. The molecule has 0 heterocycles. The molecule has 1 N–H and O–H groups in total. The van der Waals surface area contributed by atoms with Crippen LogP contribution in [0.1, 0.15) is 39.2 Å². The molecule has 2 rings (SSSR count). The number of benzene rings is 1. The van der Waals surface area contributed by atoms with Crippen molar-refractivity contribution in [2.75, 3.05) is 5.75 Å². The van der Waals surface area contributed by atoms with E-state index in [1.165, 1.54) is 31.2 Å². The van der Waals surface area contributed by atoms with Crippen molar-refractivity contribution >= 4 is 22.2 Å². The van der Waals surface area contributed by atoms with Crippen molar-refractivity contribution in [3.63, 3.8) is 0 Å². The Hall–Kier alpha value is -1.96. The molecule has 0 saturated heterocycles. The summed E-state index contributed by atoms with van der Waals surface area (Å²) in [7, 11) is -3.67. The maximum Gasteiger partial charge on any atom is 0.408 e. The molecule has 1 aliphatic carbocycles. The maximum absolute atomic E-state index is 13.6. The number of ether oxygens (including phenoxy) is 1. The van der Waals surface area contributed by atoms with Crippen molar-refractivity contribution in [2.45, 2.75) is 50.0 Å². The van der Waals surface area contributed by atoms with Gasteiger partial charge < -0.3 is 14.8 Å². The second-order valence-electron chi connectivity index (χ2n) is 7.08. The van der Waals surface area contributed by atoms with Crippen LogP contribution in [-0.4, -0.2) is 42.9 Å². The smallest absolute Gasteiger partial charge is 0.408 e. The Kier molecular flexibility index (Phi) is 4.96. The molecule has 6 nitrogen and oxygen atoms in total. The van der Waals surface area contributed by atoms with Crippen LogP contribution >= 0.6 is 0 Å². The molecule has 0 unspecified atom stereocenters. The first kappa shape index (κ1) is 19.4. The van der Waals surface area contributed by atoms with E-state index in [4.69, 9.17) is 4.74 Å². The number of amides is 1. The first-order valence-electron chi connectivity index (χ1n) is 7.91. The Labute approximate surface area is 146 Å². The Morgan fingerprint density at radius 2 is 2.04 bits per heavy atom. The van der Waals surface area contributed by atoms with E-state index >= 15 is 0 Å². The number of halogens is 1. The Morgan fingerprint density at radius 3 is 2.52 bits per heavy atom. The van der Waals surface area contributed by atoms with E-state index in [0.717, 1.165) is 0 Å². The normalized spacial score (nSPS) is 26.0. The maximum atomic E-state index is 13.6. The summed E-state index contributed by atoms with van der Waals surface area (Å²) < 4.78 is 43.5. The third kappa shape index (κ3) is 3.84. The monoisotopic (exact) mass is 371 g/mol. The van der Waals surface area contributed by atoms with E-state index in [2.05, 4.69) is 5.32 Å². The molecule has 0 aromatic heterocycles. The summed E-state index contributed by atoms with van der Waals surface area (Å²) in [5.41, 5.74) is -2.13. The standard InChI is InChI=1S/C17H22FNO5S/c1-5-25(22,23)14-13(11-7-6-8-12(18)9-11)17(14,10-20)19-15(21)24-16(2,3)4/h6-10,13-14H,5H2,1-4H3,(H,19,21)/t13-,14+,17+/m0/s1. The van der Waals surface area contributed by atoms with Crippen molar-refractivity contribution in [2.24, 2.45) is 0 Å². The molecule has 8 heteroatoms. The third-order valence-electron chi connectivity index (χ3n) is 4.09. The van der Waals surface area contributed by atoms with E-state index in [1.54, 1.807) is 20.8 Å². The zero-order valence-electron chi connectivity index (χ0n) is 14.6. The average molecular weight is 371 g/mol. The van der Waals surface area contributed by atoms with Crippen molar-refractivity contribution < 1.29 is 27.1 Å². The fourth-order valence-corrected chi connectivity index (χ4v) is 4.94. The molecule has 3 atom stereocenters. The molecule has 0 bridgehead atoms. The van der Waals surface area contributed by atoms with Crippen molar-refractivity contribution in [3.8, 4) is 0 Å². The van der Waals surface area contributed by atoms with Gasteiger partial charge in [-0.15, -0.1) is 0 Å². The van der Waals surface area contributed by atoms with E-state index in [1.807, 2.05) is 0 Å². The quantitative estimate of drug-likeness (QED) is 0.802. The van der Waals surface area contributed by atoms with Crippen LogP contribution in [0.5, 0.6) is 0 Å². The van der Waals surface area contributed by atoms with Crippen LogP contribution in [0.4, 0.5) is 9.18 Å². The molecular formula is C17H22FNO5S. The molecule has 138 valence electrons. The minimum atomic E-state index is -3.67. The van der Waals surface area contributed by atoms with Crippen LogP contribution in [0.3, 0.4) is 0 Å². The SMILES string of the molecule is CCS(=O)(=O)[C@@H]1[C@H](c2cccc(F)c2)[C@@]1(C=O)NC(=O)OC(C)(C)C. The van der Waals surface area contributed by atoms with Gasteiger partial charge in [0.15, 0.2) is 9.84 Å². The van der Waals surface area contributed by atoms with Crippen LogP contribution < -0.4 is 5.32 Å². The number of carbonyl (C=O) groups is 2. The number of hydrogen-bond donors (Lipinski definition) is 1. The summed E-state index contributed by atoms with van der Waals surface area (Å²) in [5.74, 6) is -1.61. The summed E-state index contributed by atoms with van der Waals surface area (Å²) in [6.45, 7) is 6.41. The fraction of sp³-hybridized carbons (Fsp3) is 0.529. The number of carbonyl (C=O) groups excluding carboxylic acids is 2. The Balaban J connectivity index is 2.42. The van der Waals surface area contributed by atoms with Gasteiger partial charge in [-0.05, 0) is 38.5 Å². The third-order valence-corrected chi connectivity index (χ3v) is 6.33. The second kappa shape index (κ2) is 6.40. The Bertz CT molecular complexity index is 786. The predicted octanol–water partition coefficient (Wildman–Crippen LogP) is 2.19. The molecule has 0 radical (unpaired) electrons. The van der Waals surface area contributed by atoms with Gasteiger partial charge in [0, 0.05) is 11.7 Å². The van der Waals surface area contributed by atoms with Crippen LogP contribution in [0.25, 0.3) is 0 Å². The molecule has 1 aliphatic rings. The van der Waals surface area contributed by atoms with Gasteiger partial charge in [0.05, 0.1) is 0 Å². The molecule has 1 fully saturated rings. The van der Waals surface area contributed by atoms with E-state index in [9.17, 15) is 22.4 Å². The van der Waals surface area contributed by atoms with Crippen molar-refractivity contribution in [3.05, 3.63) is 35.6 Å². The summed E-state index contributed by atoms with van der Waals surface area (Å²) in [5, 5.41) is 1.25. The molecule has 0 spiro atoms. The van der Waals surface area contributed by atoms with Crippen LogP contribution in [0.2, 0.25) is 0 Å². The topological polar surface area (TPSA) is 89.5 Å². The van der Waals surface area contributed by atoms with Gasteiger partial charge in [-0.2, -0.15) is 0 Å². The lowest BCUT2D eigenvalue weighted by Gasteiger charge is -2.22. The molecule has 0 aliphatic heterocycles. The van der Waals surface area contributed by atoms with E-state index in [-0.39, 0.29) is 5.75 Å². The van der Waals surface area contributed by atoms with Gasteiger partial charge in [0.25, 0.3) is 0 Å². The number of sulfone groups is 1. The summed E-state index contributed by atoms with van der Waals surface area (Å²) in [6.07, 6.45) is -0.487. The zero-order valence-corrected chi connectivity index (χ0v) is 15.4. The predicted molar refractivity (Wildman–Crippen MR) is 90.6 cm³/mol. The number of aldehydes is 1. The van der Waals surface area contributed by atoms with Crippen LogP contribution in [0.15, 0.2) is 24.3 Å². The number of alkyl carbamates (subject to hydrolysis) is 1. The fourth-order valence-electron chi connectivity index (χ4n) is 3.01. The minimum Gasteiger partial charge on any atom is -0.444 e. The molecule has 1 saturated carbocycles. The lowest BCUT2D eigenvalue weighted by atomic mass is 10.1. The lowest BCUT2D eigenvalue weighted by molar-refractivity contribution is -0.110. The molecule has 1 amide bonds. The highest BCUT2D eigenvalue weighted by Gasteiger charge is 2.72. The summed E-state index contributed by atoms with van der Waals surface area (Å²) in [6, 6.07) is 5.36. The van der Waals surface area contributed by atoms with Gasteiger partial charge >= 0.3 is 6.09 Å². The highest BCUT2D eigenvalue weighted by molar-refractivity contribution is 7.92. The van der Waals surface area contributed by atoms with Gasteiger partial charge in [-0.25, -0.2) is 17.6 Å². The number of rotatable bonds is 5. The first-order valence-corrected chi connectivity index (χ1v) is 9.63. The molecule has 1 aromatic carbocycles. The summed E-state index contributed by atoms with van der Waals surface area (Å²) >= 11 is 0. The lowest BCUT2D eigenvalue weighted by Crippen LogP contribution is -2.45. The largest absolute Gasteiger partial charge is 0.444 e. The van der Waals surface area contributed by atoms with Crippen molar-refractivity contribution in [1.82, 2.24) is 5.32 Å². The highest BCUT2D eigenvalue weighted by atomic mass is 32.2. The van der Waals surface area contributed by atoms with Crippen LogP contribution in [-0.2, 0) is 19.4 Å². The molecular weight excluding hydrogens is 349 g/mol. The first-order chi connectivity index (χ1) is 11.5. The molecule has 1 aromatic rings. The average Bonchev–Trinajstić information content (AvgIpc) is 3.15. The Morgan fingerprint density at radius 1 is 1.40 bits per heavy atom. The highest BCUT2D eigenvalue weighted by Crippen LogP contribution is 2.55. The van der Waals surface area contributed by atoms with E-state index < -0.39 is 44.1 Å². The van der Waals surface area contributed by atoms with Gasteiger partial charge in [-0.1, -0.05) is 19.1 Å².